The Labute approximate surface area is 182 Å². The molecule has 1 aliphatic heterocycles. The average Bonchev–Trinajstić information content (AvgIpc) is 3.12. The van der Waals surface area contributed by atoms with Crippen molar-refractivity contribution in [3.63, 3.8) is 0 Å². The fraction of sp³-hybridized carbons (Fsp3) is 0.217. The predicted octanol–water partition coefficient (Wildman–Crippen LogP) is 4.62. The van der Waals surface area contributed by atoms with Crippen LogP contribution in [0.15, 0.2) is 48.5 Å². The van der Waals surface area contributed by atoms with Gasteiger partial charge in [-0.15, -0.1) is 11.3 Å². The van der Waals surface area contributed by atoms with E-state index in [1.807, 2.05) is 18.2 Å². The summed E-state index contributed by atoms with van der Waals surface area (Å²) in [5, 5.41) is 3.04. The first-order chi connectivity index (χ1) is 15.0. The lowest BCUT2D eigenvalue weighted by Crippen LogP contribution is -2.29. The van der Waals surface area contributed by atoms with E-state index in [1.54, 1.807) is 0 Å². The van der Waals surface area contributed by atoms with Gasteiger partial charge in [-0.2, -0.15) is 0 Å². The smallest absolute Gasteiger partial charge is 0.341 e. The normalized spacial score (nSPS) is 13.5. The molecule has 0 unspecified atom stereocenters. The topological polar surface area (TPSA) is 58.6 Å². The largest absolute Gasteiger partial charge is 0.465 e. The Morgan fingerprint density at radius 3 is 2.61 bits per heavy atom. The molecule has 0 atom stereocenters. The lowest BCUT2D eigenvalue weighted by atomic mass is 10.0. The first-order valence-corrected chi connectivity index (χ1v) is 10.5. The summed E-state index contributed by atoms with van der Waals surface area (Å²) in [4.78, 5) is 28.3. The van der Waals surface area contributed by atoms with E-state index in [2.05, 4.69) is 22.3 Å². The molecule has 8 heteroatoms. The number of benzene rings is 2. The third kappa shape index (κ3) is 4.50. The lowest BCUT2D eigenvalue weighted by molar-refractivity contribution is 0.0600. The molecule has 0 aliphatic carbocycles. The Kier molecular flexibility index (Phi) is 6.11. The van der Waals surface area contributed by atoms with Crippen molar-refractivity contribution >= 4 is 28.2 Å². The van der Waals surface area contributed by atoms with Gasteiger partial charge in [0.25, 0.3) is 5.91 Å². The van der Waals surface area contributed by atoms with Crippen molar-refractivity contribution in [1.82, 2.24) is 4.90 Å². The molecule has 0 radical (unpaired) electrons. The zero-order valence-corrected chi connectivity index (χ0v) is 17.6. The summed E-state index contributed by atoms with van der Waals surface area (Å²) >= 11 is 1.31. The Bertz CT molecular complexity index is 1130. The van der Waals surface area contributed by atoms with Gasteiger partial charge in [0.2, 0.25) is 0 Å². The van der Waals surface area contributed by atoms with Gasteiger partial charge in [-0.3, -0.25) is 9.69 Å². The molecule has 1 aliphatic rings. The molecule has 2 aromatic carbocycles. The van der Waals surface area contributed by atoms with Crippen LogP contribution < -0.4 is 5.32 Å². The molecule has 1 amide bonds. The molecule has 2 heterocycles. The van der Waals surface area contributed by atoms with Gasteiger partial charge in [-0.1, -0.05) is 30.3 Å². The van der Waals surface area contributed by atoms with Crippen molar-refractivity contribution in [3.05, 3.63) is 87.3 Å². The van der Waals surface area contributed by atoms with Crippen LogP contribution in [-0.2, 0) is 24.2 Å². The molecule has 3 aromatic rings. The van der Waals surface area contributed by atoms with E-state index in [4.69, 9.17) is 4.74 Å². The van der Waals surface area contributed by atoms with Crippen LogP contribution in [0.25, 0.3) is 0 Å². The van der Waals surface area contributed by atoms with Crippen LogP contribution in [0.4, 0.5) is 13.8 Å². The van der Waals surface area contributed by atoms with Gasteiger partial charge in [0, 0.05) is 30.1 Å². The van der Waals surface area contributed by atoms with Gasteiger partial charge in [0.1, 0.15) is 5.00 Å². The van der Waals surface area contributed by atoms with Crippen LogP contribution >= 0.6 is 11.3 Å². The average molecular weight is 442 g/mol. The highest BCUT2D eigenvalue weighted by atomic mass is 32.1. The van der Waals surface area contributed by atoms with Crippen LogP contribution in [0.5, 0.6) is 0 Å². The molecule has 1 aromatic heterocycles. The van der Waals surface area contributed by atoms with Gasteiger partial charge >= 0.3 is 5.97 Å². The van der Waals surface area contributed by atoms with E-state index in [-0.39, 0.29) is 5.56 Å². The third-order valence-corrected chi connectivity index (χ3v) is 6.32. The number of fused-ring (bicyclic) bond motifs is 1. The van der Waals surface area contributed by atoms with E-state index < -0.39 is 23.5 Å². The molecule has 0 saturated carbocycles. The first-order valence-electron chi connectivity index (χ1n) is 9.71. The van der Waals surface area contributed by atoms with E-state index >= 15 is 0 Å². The number of carbonyl (C=O) groups excluding carboxylic acids is 2. The standard InChI is InChI=1S/C23H20F2N2O3S/c1-30-23(29)20-16-9-10-27(12-14-5-3-2-4-6-14)13-19(16)31-22(20)26-21(28)15-7-8-17(24)18(25)11-15/h2-8,11H,9-10,12-13H2,1H3,(H,26,28). The molecule has 4 rings (SSSR count). The van der Waals surface area contributed by atoms with Crippen molar-refractivity contribution in [3.8, 4) is 0 Å². The highest BCUT2D eigenvalue weighted by Crippen LogP contribution is 2.38. The molecule has 0 bridgehead atoms. The van der Waals surface area contributed by atoms with Crippen molar-refractivity contribution < 1.29 is 23.1 Å². The van der Waals surface area contributed by atoms with Crippen LogP contribution in [0, 0.1) is 11.6 Å². The summed E-state index contributed by atoms with van der Waals surface area (Å²) < 4.78 is 31.6. The van der Waals surface area contributed by atoms with E-state index in [0.717, 1.165) is 35.7 Å². The maximum Gasteiger partial charge on any atom is 0.341 e. The van der Waals surface area contributed by atoms with Gasteiger partial charge in [-0.25, -0.2) is 13.6 Å². The van der Waals surface area contributed by atoms with Gasteiger partial charge in [0.05, 0.1) is 12.7 Å². The number of amides is 1. The second-order valence-electron chi connectivity index (χ2n) is 7.23. The number of methoxy groups -OCH3 is 1. The Hall–Kier alpha value is -3.10. The second kappa shape index (κ2) is 8.95. The number of nitrogens with zero attached hydrogens (tertiary/aromatic N) is 1. The summed E-state index contributed by atoms with van der Waals surface area (Å²) in [7, 11) is 1.29. The summed E-state index contributed by atoms with van der Waals surface area (Å²) in [5.74, 6) is -3.29. The van der Waals surface area contributed by atoms with Gasteiger partial charge in [0.15, 0.2) is 11.6 Å². The van der Waals surface area contributed by atoms with Crippen LogP contribution in [0.1, 0.15) is 36.7 Å². The number of carbonyl (C=O) groups is 2. The molecule has 160 valence electrons. The number of ether oxygens (including phenoxy) is 1. The van der Waals surface area contributed by atoms with Crippen LogP contribution in [-0.4, -0.2) is 30.4 Å². The lowest BCUT2D eigenvalue weighted by Gasteiger charge is -2.27. The van der Waals surface area contributed by atoms with Crippen LogP contribution in [0.3, 0.4) is 0 Å². The molecule has 0 saturated heterocycles. The molecule has 0 spiro atoms. The minimum absolute atomic E-state index is 0.0354. The van der Waals surface area contributed by atoms with E-state index in [1.165, 1.54) is 30.1 Å². The minimum atomic E-state index is -1.11. The number of anilines is 1. The molecule has 1 N–H and O–H groups in total. The predicted molar refractivity (Wildman–Crippen MR) is 114 cm³/mol. The highest BCUT2D eigenvalue weighted by Gasteiger charge is 2.29. The Morgan fingerprint density at radius 2 is 1.90 bits per heavy atom. The molecular formula is C23H20F2N2O3S. The fourth-order valence-electron chi connectivity index (χ4n) is 3.65. The maximum atomic E-state index is 13.5. The Morgan fingerprint density at radius 1 is 1.13 bits per heavy atom. The molecule has 31 heavy (non-hydrogen) atoms. The number of hydrogen-bond acceptors (Lipinski definition) is 5. The zero-order valence-electron chi connectivity index (χ0n) is 16.8. The zero-order chi connectivity index (χ0) is 22.0. The molecule has 5 nitrogen and oxygen atoms in total. The second-order valence-corrected chi connectivity index (χ2v) is 8.33. The van der Waals surface area contributed by atoms with Crippen molar-refractivity contribution in [2.24, 2.45) is 0 Å². The number of nitrogens with one attached hydrogen (secondary N) is 1. The minimum Gasteiger partial charge on any atom is -0.465 e. The van der Waals surface area contributed by atoms with Crippen LogP contribution in [0.2, 0.25) is 0 Å². The van der Waals surface area contributed by atoms with Gasteiger partial charge < -0.3 is 10.1 Å². The number of hydrogen-bond donors (Lipinski definition) is 1. The SMILES string of the molecule is COC(=O)c1c(NC(=O)c2ccc(F)c(F)c2)sc2c1CCN(Cc1ccccc1)C2. The number of thiophene rings is 1. The monoisotopic (exact) mass is 442 g/mol. The van der Waals surface area contributed by atoms with Crippen molar-refractivity contribution in [1.29, 1.82) is 0 Å². The van der Waals surface area contributed by atoms with E-state index in [9.17, 15) is 18.4 Å². The third-order valence-electron chi connectivity index (χ3n) is 5.18. The number of rotatable bonds is 5. The fourth-order valence-corrected chi connectivity index (χ4v) is 4.92. The summed E-state index contributed by atoms with van der Waals surface area (Å²) in [6.07, 6.45) is 0.643. The van der Waals surface area contributed by atoms with E-state index in [0.29, 0.717) is 23.5 Å². The summed E-state index contributed by atoms with van der Waals surface area (Å²) in [5.41, 5.74) is 2.36. The highest BCUT2D eigenvalue weighted by molar-refractivity contribution is 7.17. The quantitative estimate of drug-likeness (QED) is 0.586. The first kappa shape index (κ1) is 21.1. The Balaban J connectivity index is 1.59. The van der Waals surface area contributed by atoms with Crippen molar-refractivity contribution in [2.45, 2.75) is 19.5 Å². The maximum absolute atomic E-state index is 13.5. The molecular weight excluding hydrogens is 422 g/mol. The summed E-state index contributed by atoms with van der Waals surface area (Å²) in [6, 6.07) is 13.0. The number of esters is 1. The van der Waals surface area contributed by atoms with Crippen molar-refractivity contribution in [2.75, 3.05) is 19.0 Å². The number of halogens is 2. The summed E-state index contributed by atoms with van der Waals surface area (Å²) in [6.45, 7) is 2.18. The molecule has 0 fully saturated rings. The van der Waals surface area contributed by atoms with Gasteiger partial charge in [-0.05, 0) is 35.7 Å².